The summed E-state index contributed by atoms with van der Waals surface area (Å²) in [5, 5.41) is 3.40. The SMILES string of the molecule is Nc1nc(N2CCCNCC2)c2occ(C3CC3)c2n1. The third-order valence-electron chi connectivity index (χ3n) is 4.10. The fourth-order valence-electron chi connectivity index (χ4n) is 2.89. The van der Waals surface area contributed by atoms with Crippen LogP contribution >= 0.6 is 0 Å². The molecular weight excluding hydrogens is 254 g/mol. The lowest BCUT2D eigenvalue weighted by Crippen LogP contribution is -2.29. The molecule has 20 heavy (non-hydrogen) atoms. The molecule has 1 saturated carbocycles. The van der Waals surface area contributed by atoms with Gasteiger partial charge in [0.25, 0.3) is 0 Å². The van der Waals surface area contributed by atoms with Crippen molar-refractivity contribution < 1.29 is 4.42 Å². The molecule has 0 unspecified atom stereocenters. The van der Waals surface area contributed by atoms with E-state index in [0.29, 0.717) is 11.9 Å². The van der Waals surface area contributed by atoms with Crippen molar-refractivity contribution in [3.8, 4) is 0 Å². The number of fused-ring (bicyclic) bond motifs is 1. The Morgan fingerprint density at radius 3 is 3.00 bits per heavy atom. The van der Waals surface area contributed by atoms with E-state index in [9.17, 15) is 0 Å². The van der Waals surface area contributed by atoms with Gasteiger partial charge in [0, 0.05) is 25.2 Å². The molecule has 6 nitrogen and oxygen atoms in total. The Morgan fingerprint density at radius 1 is 1.25 bits per heavy atom. The summed E-state index contributed by atoms with van der Waals surface area (Å²) in [4.78, 5) is 11.1. The maximum absolute atomic E-state index is 5.91. The molecule has 2 aromatic heterocycles. The highest BCUT2D eigenvalue weighted by molar-refractivity contribution is 5.88. The van der Waals surface area contributed by atoms with Gasteiger partial charge in [0.1, 0.15) is 5.52 Å². The topological polar surface area (TPSA) is 80.2 Å². The number of nitrogens with one attached hydrogen (secondary N) is 1. The van der Waals surface area contributed by atoms with Crippen LogP contribution in [0.4, 0.5) is 11.8 Å². The second-order valence-electron chi connectivity index (χ2n) is 5.64. The molecule has 106 valence electrons. The predicted octanol–water partition coefficient (Wildman–Crippen LogP) is 1.48. The Labute approximate surface area is 117 Å². The Morgan fingerprint density at radius 2 is 2.15 bits per heavy atom. The van der Waals surface area contributed by atoms with Crippen LogP contribution in [0.15, 0.2) is 10.7 Å². The maximum Gasteiger partial charge on any atom is 0.222 e. The van der Waals surface area contributed by atoms with E-state index in [-0.39, 0.29) is 0 Å². The zero-order valence-electron chi connectivity index (χ0n) is 11.4. The fraction of sp³-hybridized carbons (Fsp3) is 0.571. The molecule has 4 rings (SSSR count). The van der Waals surface area contributed by atoms with Gasteiger partial charge < -0.3 is 20.4 Å². The number of furan rings is 1. The van der Waals surface area contributed by atoms with Crippen LogP contribution in [0.5, 0.6) is 0 Å². The van der Waals surface area contributed by atoms with Crippen molar-refractivity contribution in [1.29, 1.82) is 0 Å². The van der Waals surface area contributed by atoms with Crippen LogP contribution in [-0.2, 0) is 0 Å². The largest absolute Gasteiger partial charge is 0.458 e. The van der Waals surface area contributed by atoms with Crippen molar-refractivity contribution >= 4 is 22.9 Å². The first-order valence-electron chi connectivity index (χ1n) is 7.33. The summed E-state index contributed by atoms with van der Waals surface area (Å²) < 4.78 is 5.79. The zero-order valence-corrected chi connectivity index (χ0v) is 11.4. The van der Waals surface area contributed by atoms with Gasteiger partial charge in [-0.05, 0) is 31.7 Å². The van der Waals surface area contributed by atoms with E-state index in [1.54, 1.807) is 0 Å². The lowest BCUT2D eigenvalue weighted by molar-refractivity contribution is 0.606. The zero-order chi connectivity index (χ0) is 13.5. The van der Waals surface area contributed by atoms with Crippen molar-refractivity contribution in [2.75, 3.05) is 36.8 Å². The standard InChI is InChI=1S/C14H19N5O/c15-14-17-11-10(9-2-3-9)8-20-12(11)13(18-14)19-6-1-4-16-5-7-19/h8-9,16H,1-7H2,(H2,15,17,18). The molecule has 1 saturated heterocycles. The number of nitrogens with zero attached hydrogens (tertiary/aromatic N) is 3. The highest BCUT2D eigenvalue weighted by atomic mass is 16.3. The number of hydrogen-bond acceptors (Lipinski definition) is 6. The third-order valence-corrected chi connectivity index (χ3v) is 4.10. The van der Waals surface area contributed by atoms with Crippen LogP contribution in [0.2, 0.25) is 0 Å². The molecule has 1 aliphatic heterocycles. The molecule has 3 heterocycles. The van der Waals surface area contributed by atoms with Gasteiger partial charge in [-0.1, -0.05) is 0 Å². The van der Waals surface area contributed by atoms with Crippen LogP contribution in [0, 0.1) is 0 Å². The quantitative estimate of drug-likeness (QED) is 0.862. The highest BCUT2D eigenvalue weighted by Gasteiger charge is 2.30. The molecule has 2 aliphatic rings. The summed E-state index contributed by atoms with van der Waals surface area (Å²) in [7, 11) is 0. The first-order valence-corrected chi connectivity index (χ1v) is 7.33. The van der Waals surface area contributed by atoms with Gasteiger partial charge in [-0.15, -0.1) is 0 Å². The van der Waals surface area contributed by atoms with Gasteiger partial charge in [-0.2, -0.15) is 4.98 Å². The highest BCUT2D eigenvalue weighted by Crippen LogP contribution is 2.44. The van der Waals surface area contributed by atoms with E-state index in [1.165, 1.54) is 18.4 Å². The molecule has 3 N–H and O–H groups in total. The van der Waals surface area contributed by atoms with Crippen molar-refractivity contribution in [2.45, 2.75) is 25.2 Å². The van der Waals surface area contributed by atoms with Crippen LogP contribution in [0.25, 0.3) is 11.1 Å². The van der Waals surface area contributed by atoms with Gasteiger partial charge in [-0.25, -0.2) is 4.98 Å². The predicted molar refractivity (Wildman–Crippen MR) is 77.9 cm³/mol. The van der Waals surface area contributed by atoms with E-state index in [1.807, 2.05) is 6.26 Å². The number of rotatable bonds is 2. The first kappa shape index (κ1) is 12.0. The Balaban J connectivity index is 1.81. The first-order chi connectivity index (χ1) is 9.83. The lowest BCUT2D eigenvalue weighted by Gasteiger charge is -2.21. The summed E-state index contributed by atoms with van der Waals surface area (Å²) in [6.07, 6.45) is 5.39. The van der Waals surface area contributed by atoms with Crippen molar-refractivity contribution in [1.82, 2.24) is 15.3 Å². The average Bonchev–Trinajstić information content (AvgIpc) is 3.23. The number of nitrogen functional groups attached to an aromatic ring is 1. The summed E-state index contributed by atoms with van der Waals surface area (Å²) in [6, 6.07) is 0. The second-order valence-corrected chi connectivity index (χ2v) is 5.64. The summed E-state index contributed by atoms with van der Waals surface area (Å²) in [5.74, 6) is 1.79. The van der Waals surface area contributed by atoms with Gasteiger partial charge >= 0.3 is 0 Å². The Bertz CT molecular complexity index is 626. The smallest absolute Gasteiger partial charge is 0.222 e. The molecule has 2 aromatic rings. The Hall–Kier alpha value is -1.82. The number of aromatic nitrogens is 2. The molecule has 1 aliphatic carbocycles. The van der Waals surface area contributed by atoms with E-state index < -0.39 is 0 Å². The summed E-state index contributed by atoms with van der Waals surface area (Å²) in [6.45, 7) is 3.90. The van der Waals surface area contributed by atoms with E-state index >= 15 is 0 Å². The van der Waals surface area contributed by atoms with Crippen LogP contribution < -0.4 is 16.0 Å². The van der Waals surface area contributed by atoms with E-state index in [4.69, 9.17) is 10.2 Å². The lowest BCUT2D eigenvalue weighted by atomic mass is 10.2. The normalized spacial score (nSPS) is 20.3. The molecule has 0 aromatic carbocycles. The molecular formula is C14H19N5O. The minimum atomic E-state index is 0.341. The molecule has 0 amide bonds. The van der Waals surface area contributed by atoms with Gasteiger partial charge in [0.2, 0.25) is 5.95 Å². The van der Waals surface area contributed by atoms with E-state index in [2.05, 4.69) is 20.2 Å². The number of anilines is 2. The average molecular weight is 273 g/mol. The van der Waals surface area contributed by atoms with Crippen molar-refractivity contribution in [3.63, 3.8) is 0 Å². The molecule has 0 radical (unpaired) electrons. The summed E-state index contributed by atoms with van der Waals surface area (Å²) in [5.41, 5.74) is 8.81. The third kappa shape index (κ3) is 2.00. The van der Waals surface area contributed by atoms with Crippen LogP contribution in [0.3, 0.4) is 0 Å². The van der Waals surface area contributed by atoms with Crippen molar-refractivity contribution in [3.05, 3.63) is 11.8 Å². The van der Waals surface area contributed by atoms with Crippen LogP contribution in [-0.4, -0.2) is 36.1 Å². The van der Waals surface area contributed by atoms with E-state index in [0.717, 1.165) is 49.5 Å². The Kier molecular flexibility index (Phi) is 2.77. The molecule has 2 fully saturated rings. The van der Waals surface area contributed by atoms with Gasteiger partial charge in [0.15, 0.2) is 11.4 Å². The number of nitrogens with two attached hydrogens (primary N) is 1. The number of hydrogen-bond donors (Lipinski definition) is 2. The van der Waals surface area contributed by atoms with Crippen LogP contribution in [0.1, 0.15) is 30.7 Å². The minimum absolute atomic E-state index is 0.341. The maximum atomic E-state index is 5.91. The summed E-state index contributed by atoms with van der Waals surface area (Å²) >= 11 is 0. The van der Waals surface area contributed by atoms with Gasteiger partial charge in [0.05, 0.1) is 6.26 Å². The monoisotopic (exact) mass is 273 g/mol. The molecule has 6 heteroatoms. The minimum Gasteiger partial charge on any atom is -0.458 e. The van der Waals surface area contributed by atoms with Crippen molar-refractivity contribution in [2.24, 2.45) is 0 Å². The molecule has 0 spiro atoms. The second kappa shape index (κ2) is 4.63. The molecule has 0 atom stereocenters. The molecule has 0 bridgehead atoms. The fourth-order valence-corrected chi connectivity index (χ4v) is 2.89. The van der Waals surface area contributed by atoms with Gasteiger partial charge in [-0.3, -0.25) is 0 Å².